The van der Waals surface area contributed by atoms with Crippen molar-refractivity contribution in [3.63, 3.8) is 0 Å². The molecule has 0 aliphatic heterocycles. The average Bonchev–Trinajstić information content (AvgIpc) is 2.39. The van der Waals surface area contributed by atoms with Gasteiger partial charge in [0.15, 0.2) is 0 Å². The van der Waals surface area contributed by atoms with Crippen molar-refractivity contribution in [1.82, 2.24) is 4.90 Å². The van der Waals surface area contributed by atoms with Crippen molar-refractivity contribution in [3.8, 4) is 0 Å². The number of carboxylic acid groups (broad SMARTS) is 1. The van der Waals surface area contributed by atoms with Crippen LogP contribution in [0.4, 0.5) is 5.69 Å². The molecule has 0 heterocycles. The number of halogens is 1. The van der Waals surface area contributed by atoms with Gasteiger partial charge in [-0.3, -0.25) is 4.79 Å². The number of amides is 1. The number of carbonyl (C=O) groups is 2. The summed E-state index contributed by atoms with van der Waals surface area (Å²) in [4.78, 5) is 26.6. The van der Waals surface area contributed by atoms with Gasteiger partial charge in [0.2, 0.25) is 5.91 Å². The van der Waals surface area contributed by atoms with Crippen molar-refractivity contribution in [2.75, 3.05) is 31.6 Å². The SMILES string of the molecule is CCN(CC)C(=O)CN(C)c1cccc(Cl)c1C(=O)O. The summed E-state index contributed by atoms with van der Waals surface area (Å²) in [6, 6.07) is 4.84. The van der Waals surface area contributed by atoms with E-state index in [1.807, 2.05) is 13.8 Å². The number of hydrogen-bond acceptors (Lipinski definition) is 3. The first-order valence-electron chi connectivity index (χ1n) is 6.43. The summed E-state index contributed by atoms with van der Waals surface area (Å²) in [6.45, 7) is 5.18. The predicted octanol–water partition coefficient (Wildman–Crippen LogP) is 2.34. The summed E-state index contributed by atoms with van der Waals surface area (Å²) in [5, 5.41) is 9.39. The second-order valence-corrected chi connectivity index (χ2v) is 4.77. The maximum absolute atomic E-state index is 12.1. The van der Waals surface area contributed by atoms with Crippen molar-refractivity contribution in [1.29, 1.82) is 0 Å². The van der Waals surface area contributed by atoms with Crippen LogP contribution < -0.4 is 4.90 Å². The van der Waals surface area contributed by atoms with E-state index in [-0.39, 0.29) is 23.0 Å². The highest BCUT2D eigenvalue weighted by molar-refractivity contribution is 6.34. The molecule has 1 aromatic rings. The van der Waals surface area contributed by atoms with E-state index in [2.05, 4.69) is 0 Å². The summed E-state index contributed by atoms with van der Waals surface area (Å²) in [6.07, 6.45) is 0. The molecule has 20 heavy (non-hydrogen) atoms. The standard InChI is InChI=1S/C14H19ClN2O3/c1-4-17(5-2)12(18)9-16(3)11-8-6-7-10(15)13(11)14(19)20/h6-8H,4-5,9H2,1-3H3,(H,19,20). The highest BCUT2D eigenvalue weighted by Crippen LogP contribution is 2.26. The Morgan fingerprint density at radius 3 is 2.35 bits per heavy atom. The van der Waals surface area contributed by atoms with Gasteiger partial charge in [0.25, 0.3) is 0 Å². The Bertz CT molecular complexity index is 501. The van der Waals surface area contributed by atoms with Crippen LogP contribution in [0.5, 0.6) is 0 Å². The summed E-state index contributed by atoms with van der Waals surface area (Å²) in [5.74, 6) is -1.15. The molecule has 1 amide bonds. The Hall–Kier alpha value is -1.75. The third-order valence-corrected chi connectivity index (χ3v) is 3.42. The molecule has 0 bridgehead atoms. The van der Waals surface area contributed by atoms with Gasteiger partial charge in [-0.05, 0) is 26.0 Å². The normalized spacial score (nSPS) is 10.2. The first-order valence-corrected chi connectivity index (χ1v) is 6.80. The number of aromatic carboxylic acids is 1. The Balaban J connectivity index is 2.99. The van der Waals surface area contributed by atoms with Crippen LogP contribution in [0.2, 0.25) is 5.02 Å². The lowest BCUT2D eigenvalue weighted by Gasteiger charge is -2.25. The number of nitrogens with zero attached hydrogens (tertiary/aromatic N) is 2. The smallest absolute Gasteiger partial charge is 0.339 e. The van der Waals surface area contributed by atoms with Crippen molar-refractivity contribution < 1.29 is 14.7 Å². The van der Waals surface area contributed by atoms with Crippen LogP contribution in [-0.2, 0) is 4.79 Å². The molecule has 0 aliphatic carbocycles. The number of carboxylic acids is 1. The predicted molar refractivity (Wildman–Crippen MR) is 79.6 cm³/mol. The molecule has 0 aromatic heterocycles. The topological polar surface area (TPSA) is 60.9 Å². The van der Waals surface area contributed by atoms with Gasteiger partial charge in [0.05, 0.1) is 17.3 Å². The highest BCUT2D eigenvalue weighted by Gasteiger charge is 2.19. The molecule has 1 aromatic carbocycles. The summed E-state index contributed by atoms with van der Waals surface area (Å²) in [5.41, 5.74) is 0.453. The van der Waals surface area contributed by atoms with E-state index < -0.39 is 5.97 Å². The van der Waals surface area contributed by atoms with Crippen LogP contribution in [0, 0.1) is 0 Å². The van der Waals surface area contributed by atoms with Gasteiger partial charge in [-0.1, -0.05) is 17.7 Å². The molecule has 0 spiro atoms. The van der Waals surface area contributed by atoms with E-state index in [4.69, 9.17) is 11.6 Å². The monoisotopic (exact) mass is 298 g/mol. The Morgan fingerprint density at radius 1 is 1.25 bits per heavy atom. The molecular weight excluding hydrogens is 280 g/mol. The lowest BCUT2D eigenvalue weighted by Crippen LogP contribution is -2.39. The average molecular weight is 299 g/mol. The van der Waals surface area contributed by atoms with Crippen molar-refractivity contribution in [3.05, 3.63) is 28.8 Å². The molecule has 5 nitrogen and oxygen atoms in total. The highest BCUT2D eigenvalue weighted by atomic mass is 35.5. The minimum atomic E-state index is -1.10. The van der Waals surface area contributed by atoms with Crippen molar-refractivity contribution in [2.24, 2.45) is 0 Å². The third kappa shape index (κ3) is 3.63. The second kappa shape index (κ2) is 7.14. The maximum atomic E-state index is 12.1. The van der Waals surface area contributed by atoms with E-state index in [1.54, 1.807) is 29.0 Å². The minimum Gasteiger partial charge on any atom is -0.478 e. The molecule has 0 unspecified atom stereocenters. The van der Waals surface area contributed by atoms with Crippen LogP contribution in [-0.4, -0.2) is 48.6 Å². The van der Waals surface area contributed by atoms with E-state index >= 15 is 0 Å². The largest absolute Gasteiger partial charge is 0.478 e. The minimum absolute atomic E-state index is 0.0176. The van der Waals surface area contributed by atoms with Gasteiger partial charge in [-0.15, -0.1) is 0 Å². The molecule has 0 atom stereocenters. The fourth-order valence-electron chi connectivity index (χ4n) is 2.01. The molecular formula is C14H19ClN2O3. The zero-order valence-electron chi connectivity index (χ0n) is 11.9. The van der Waals surface area contributed by atoms with Crippen LogP contribution in [0.15, 0.2) is 18.2 Å². The zero-order chi connectivity index (χ0) is 15.3. The number of rotatable bonds is 6. The summed E-state index contributed by atoms with van der Waals surface area (Å²) >= 11 is 5.92. The van der Waals surface area contributed by atoms with E-state index in [0.29, 0.717) is 18.8 Å². The lowest BCUT2D eigenvalue weighted by atomic mass is 10.1. The van der Waals surface area contributed by atoms with Gasteiger partial charge in [0.1, 0.15) is 5.56 Å². The van der Waals surface area contributed by atoms with E-state index in [9.17, 15) is 14.7 Å². The number of benzene rings is 1. The van der Waals surface area contributed by atoms with Gasteiger partial charge < -0.3 is 14.9 Å². The quantitative estimate of drug-likeness (QED) is 0.876. The molecule has 0 saturated carbocycles. The van der Waals surface area contributed by atoms with Crippen LogP contribution in [0.25, 0.3) is 0 Å². The molecule has 110 valence electrons. The van der Waals surface area contributed by atoms with E-state index in [0.717, 1.165) is 0 Å². The van der Waals surface area contributed by atoms with Gasteiger partial charge >= 0.3 is 5.97 Å². The van der Waals surface area contributed by atoms with Crippen molar-refractivity contribution in [2.45, 2.75) is 13.8 Å². The third-order valence-electron chi connectivity index (χ3n) is 3.11. The van der Waals surface area contributed by atoms with Crippen molar-refractivity contribution >= 4 is 29.2 Å². The molecule has 1 N–H and O–H groups in total. The number of carbonyl (C=O) groups excluding carboxylic acids is 1. The fraction of sp³-hybridized carbons (Fsp3) is 0.429. The first kappa shape index (κ1) is 16.3. The molecule has 0 radical (unpaired) electrons. The van der Waals surface area contributed by atoms with Crippen LogP contribution in [0.1, 0.15) is 24.2 Å². The maximum Gasteiger partial charge on any atom is 0.339 e. The van der Waals surface area contributed by atoms with Gasteiger partial charge in [-0.25, -0.2) is 4.79 Å². The number of anilines is 1. The zero-order valence-corrected chi connectivity index (χ0v) is 12.6. The molecule has 0 saturated heterocycles. The fourth-order valence-corrected chi connectivity index (χ4v) is 2.26. The summed E-state index contributed by atoms with van der Waals surface area (Å²) < 4.78 is 0. The first-order chi connectivity index (χ1) is 9.42. The Kier molecular flexibility index (Phi) is 5.82. The molecule has 0 fully saturated rings. The molecule has 0 aliphatic rings. The summed E-state index contributed by atoms with van der Waals surface area (Å²) in [7, 11) is 1.68. The lowest BCUT2D eigenvalue weighted by molar-refractivity contribution is -0.129. The Labute approximate surface area is 123 Å². The second-order valence-electron chi connectivity index (χ2n) is 4.36. The number of hydrogen-bond donors (Lipinski definition) is 1. The molecule has 1 rings (SSSR count). The Morgan fingerprint density at radius 2 is 1.85 bits per heavy atom. The molecule has 6 heteroatoms. The number of likely N-dealkylation sites (N-methyl/N-ethyl adjacent to an activating group) is 2. The van der Waals surface area contributed by atoms with Crippen LogP contribution >= 0.6 is 11.6 Å². The van der Waals surface area contributed by atoms with Gasteiger partial charge in [-0.2, -0.15) is 0 Å². The van der Waals surface area contributed by atoms with Gasteiger partial charge in [0, 0.05) is 20.1 Å². The van der Waals surface area contributed by atoms with Crippen LogP contribution in [0.3, 0.4) is 0 Å². The van der Waals surface area contributed by atoms with E-state index in [1.165, 1.54) is 6.07 Å².